The number of rotatable bonds is 4. The Hall–Kier alpha value is -1.66. The third-order valence-corrected chi connectivity index (χ3v) is 4.06. The highest BCUT2D eigenvalue weighted by Crippen LogP contribution is 2.29. The zero-order valence-corrected chi connectivity index (χ0v) is 13.7. The number of anilines is 1. The van der Waals surface area contributed by atoms with Crippen LogP contribution >= 0.6 is 0 Å². The van der Waals surface area contributed by atoms with Crippen LogP contribution in [0.5, 0.6) is 0 Å². The van der Waals surface area contributed by atoms with Crippen LogP contribution in [0.15, 0.2) is 18.6 Å². The lowest BCUT2D eigenvalue weighted by molar-refractivity contribution is 0.0398. The van der Waals surface area contributed by atoms with Gasteiger partial charge in [0.25, 0.3) is 0 Å². The van der Waals surface area contributed by atoms with E-state index in [0.29, 0.717) is 0 Å². The van der Waals surface area contributed by atoms with E-state index in [0.717, 1.165) is 50.7 Å². The zero-order chi connectivity index (χ0) is 15.6. The Bertz CT molecular complexity index is 625. The molecule has 0 unspecified atom stereocenters. The molecule has 0 bridgehead atoms. The molecule has 1 saturated heterocycles. The molecule has 2 aromatic rings. The fourth-order valence-electron chi connectivity index (χ4n) is 2.78. The number of hydrogen-bond donors (Lipinski definition) is 1. The molecule has 22 heavy (non-hydrogen) atoms. The van der Waals surface area contributed by atoms with Crippen LogP contribution in [-0.4, -0.2) is 58.9 Å². The summed E-state index contributed by atoms with van der Waals surface area (Å²) in [7, 11) is 0. The van der Waals surface area contributed by atoms with Crippen LogP contribution in [0.3, 0.4) is 0 Å². The Balaban J connectivity index is 1.74. The third kappa shape index (κ3) is 3.23. The number of hydrogen-bond acceptors (Lipinski definition) is 5. The summed E-state index contributed by atoms with van der Waals surface area (Å²) in [5.41, 5.74) is 2.34. The Kier molecular flexibility index (Phi) is 4.31. The van der Waals surface area contributed by atoms with Crippen molar-refractivity contribution in [2.75, 3.05) is 44.7 Å². The summed E-state index contributed by atoms with van der Waals surface area (Å²) in [6, 6.07) is 0. The van der Waals surface area contributed by atoms with Crippen molar-refractivity contribution in [3.8, 4) is 0 Å². The third-order valence-electron chi connectivity index (χ3n) is 4.06. The van der Waals surface area contributed by atoms with Crippen LogP contribution in [0.1, 0.15) is 26.3 Å². The standard InChI is InChI=1S/C16H25N5O/c1-16(2,3)13-12-19-21-7-5-18-15(14(13)21)17-4-6-20-8-10-22-11-9-20/h5,7,12H,4,6,8-11H2,1-3H3,(H,17,18). The molecule has 0 radical (unpaired) electrons. The Morgan fingerprint density at radius 3 is 2.77 bits per heavy atom. The second-order valence-corrected chi connectivity index (χ2v) is 6.76. The summed E-state index contributed by atoms with van der Waals surface area (Å²) in [6.07, 6.45) is 5.64. The van der Waals surface area contributed by atoms with E-state index in [1.165, 1.54) is 5.56 Å². The maximum absolute atomic E-state index is 5.38. The summed E-state index contributed by atoms with van der Waals surface area (Å²) in [5.74, 6) is 0.915. The highest BCUT2D eigenvalue weighted by molar-refractivity contribution is 5.73. The van der Waals surface area contributed by atoms with Gasteiger partial charge in [-0.05, 0) is 5.41 Å². The predicted molar refractivity (Wildman–Crippen MR) is 87.4 cm³/mol. The number of nitrogens with one attached hydrogen (secondary N) is 1. The molecule has 0 spiro atoms. The molecule has 0 aromatic carbocycles. The van der Waals surface area contributed by atoms with Crippen molar-refractivity contribution < 1.29 is 4.74 Å². The maximum Gasteiger partial charge on any atom is 0.152 e. The normalized spacial score (nSPS) is 17.0. The number of nitrogens with zero attached hydrogens (tertiary/aromatic N) is 4. The minimum atomic E-state index is 0.0470. The lowest BCUT2D eigenvalue weighted by Crippen LogP contribution is -2.39. The van der Waals surface area contributed by atoms with Crippen molar-refractivity contribution in [1.29, 1.82) is 0 Å². The van der Waals surface area contributed by atoms with Gasteiger partial charge in [-0.3, -0.25) is 4.90 Å². The monoisotopic (exact) mass is 303 g/mol. The zero-order valence-electron chi connectivity index (χ0n) is 13.7. The highest BCUT2D eigenvalue weighted by atomic mass is 16.5. The van der Waals surface area contributed by atoms with E-state index in [2.05, 4.69) is 41.1 Å². The molecular formula is C16H25N5O. The quantitative estimate of drug-likeness (QED) is 0.933. The van der Waals surface area contributed by atoms with Gasteiger partial charge in [0.05, 0.1) is 19.4 Å². The second-order valence-electron chi connectivity index (χ2n) is 6.76. The van der Waals surface area contributed by atoms with E-state index in [1.807, 2.05) is 16.9 Å². The maximum atomic E-state index is 5.38. The summed E-state index contributed by atoms with van der Waals surface area (Å²) in [5, 5.41) is 7.93. The van der Waals surface area contributed by atoms with Crippen molar-refractivity contribution in [3.63, 3.8) is 0 Å². The smallest absolute Gasteiger partial charge is 0.152 e. The Morgan fingerprint density at radius 2 is 2.05 bits per heavy atom. The van der Waals surface area contributed by atoms with E-state index >= 15 is 0 Å². The Labute approximate surface area is 131 Å². The lowest BCUT2D eigenvalue weighted by atomic mass is 9.88. The predicted octanol–water partition coefficient (Wildman–Crippen LogP) is 1.77. The first-order valence-electron chi connectivity index (χ1n) is 7.92. The van der Waals surface area contributed by atoms with Crippen molar-refractivity contribution in [2.45, 2.75) is 26.2 Å². The van der Waals surface area contributed by atoms with Crippen LogP contribution < -0.4 is 5.32 Å². The SMILES string of the molecule is CC(C)(C)c1cnn2ccnc(NCCN3CCOCC3)c12. The van der Waals surface area contributed by atoms with Gasteiger partial charge >= 0.3 is 0 Å². The van der Waals surface area contributed by atoms with Gasteiger partial charge in [0.15, 0.2) is 5.82 Å². The van der Waals surface area contributed by atoms with Crippen LogP contribution in [0.4, 0.5) is 5.82 Å². The van der Waals surface area contributed by atoms with Crippen molar-refractivity contribution in [3.05, 3.63) is 24.2 Å². The number of morpholine rings is 1. The fourth-order valence-corrected chi connectivity index (χ4v) is 2.78. The molecule has 0 amide bonds. The van der Waals surface area contributed by atoms with Crippen LogP contribution in [0.25, 0.3) is 5.52 Å². The molecule has 1 aliphatic heterocycles. The lowest BCUT2D eigenvalue weighted by Gasteiger charge is -2.26. The van der Waals surface area contributed by atoms with Gasteiger partial charge in [0.2, 0.25) is 0 Å². The molecule has 1 aliphatic rings. The summed E-state index contributed by atoms with van der Waals surface area (Å²) in [6.45, 7) is 12.2. The summed E-state index contributed by atoms with van der Waals surface area (Å²) >= 11 is 0. The minimum absolute atomic E-state index is 0.0470. The molecule has 6 heteroatoms. The van der Waals surface area contributed by atoms with Gasteiger partial charge in [0, 0.05) is 44.1 Å². The number of ether oxygens (including phenoxy) is 1. The largest absolute Gasteiger partial charge is 0.379 e. The average molecular weight is 303 g/mol. The van der Waals surface area contributed by atoms with Gasteiger partial charge in [-0.1, -0.05) is 20.8 Å². The molecule has 1 N–H and O–H groups in total. The van der Waals surface area contributed by atoms with Crippen LogP contribution in [-0.2, 0) is 10.2 Å². The topological polar surface area (TPSA) is 54.7 Å². The molecular weight excluding hydrogens is 278 g/mol. The molecule has 3 rings (SSSR count). The van der Waals surface area contributed by atoms with Crippen molar-refractivity contribution in [1.82, 2.24) is 19.5 Å². The molecule has 0 aliphatic carbocycles. The molecule has 120 valence electrons. The molecule has 0 atom stereocenters. The average Bonchev–Trinajstić information content (AvgIpc) is 2.93. The molecule has 1 fully saturated rings. The first-order valence-corrected chi connectivity index (χ1v) is 7.92. The number of aromatic nitrogens is 3. The van der Waals surface area contributed by atoms with Gasteiger partial charge in [-0.2, -0.15) is 5.10 Å². The fraction of sp³-hybridized carbons (Fsp3) is 0.625. The molecule has 6 nitrogen and oxygen atoms in total. The minimum Gasteiger partial charge on any atom is -0.379 e. The molecule has 2 aromatic heterocycles. The van der Waals surface area contributed by atoms with E-state index in [9.17, 15) is 0 Å². The Morgan fingerprint density at radius 1 is 1.27 bits per heavy atom. The summed E-state index contributed by atoms with van der Waals surface area (Å²) in [4.78, 5) is 6.94. The van der Waals surface area contributed by atoms with E-state index < -0.39 is 0 Å². The molecule has 3 heterocycles. The van der Waals surface area contributed by atoms with Crippen LogP contribution in [0.2, 0.25) is 0 Å². The first-order chi connectivity index (χ1) is 10.6. The van der Waals surface area contributed by atoms with Gasteiger partial charge in [-0.15, -0.1) is 0 Å². The van der Waals surface area contributed by atoms with Gasteiger partial charge in [-0.25, -0.2) is 9.50 Å². The van der Waals surface area contributed by atoms with Crippen LogP contribution in [0, 0.1) is 0 Å². The van der Waals surface area contributed by atoms with Crippen molar-refractivity contribution >= 4 is 11.3 Å². The highest BCUT2D eigenvalue weighted by Gasteiger charge is 2.21. The van der Waals surface area contributed by atoms with Gasteiger partial charge in [0.1, 0.15) is 5.52 Å². The van der Waals surface area contributed by atoms with Gasteiger partial charge < -0.3 is 10.1 Å². The van der Waals surface area contributed by atoms with Crippen molar-refractivity contribution in [2.24, 2.45) is 0 Å². The second kappa shape index (κ2) is 6.22. The molecule has 0 saturated carbocycles. The number of fused-ring (bicyclic) bond motifs is 1. The van der Waals surface area contributed by atoms with E-state index in [1.54, 1.807) is 6.20 Å². The first kappa shape index (κ1) is 15.2. The summed E-state index contributed by atoms with van der Waals surface area (Å²) < 4.78 is 7.29. The van der Waals surface area contributed by atoms with E-state index in [4.69, 9.17) is 4.74 Å². The van der Waals surface area contributed by atoms with E-state index in [-0.39, 0.29) is 5.41 Å².